The lowest BCUT2D eigenvalue weighted by Gasteiger charge is -2.13. The first-order chi connectivity index (χ1) is 17.2. The molecule has 3 heterocycles. The van der Waals surface area contributed by atoms with Crippen LogP contribution in [-0.2, 0) is 12.7 Å². The number of H-pyrrole nitrogens is 1. The van der Waals surface area contributed by atoms with Crippen LogP contribution < -0.4 is 5.32 Å². The summed E-state index contributed by atoms with van der Waals surface area (Å²) in [6.07, 6.45) is -0.923. The summed E-state index contributed by atoms with van der Waals surface area (Å²) in [6.45, 7) is 3.66. The number of nitrogens with one attached hydrogen (secondary N) is 2. The van der Waals surface area contributed by atoms with Crippen molar-refractivity contribution in [2.45, 2.75) is 19.6 Å². The van der Waals surface area contributed by atoms with Gasteiger partial charge in [0.25, 0.3) is 5.91 Å². The number of amides is 1. The van der Waals surface area contributed by atoms with Gasteiger partial charge in [-0.05, 0) is 55.1 Å². The van der Waals surface area contributed by atoms with E-state index in [1.165, 1.54) is 6.07 Å². The highest BCUT2D eigenvalue weighted by atomic mass is 19.4. The molecule has 36 heavy (non-hydrogen) atoms. The minimum atomic E-state index is -4.42. The minimum Gasteiger partial charge on any atom is -0.324 e. The first-order valence-corrected chi connectivity index (χ1v) is 11.3. The van der Waals surface area contributed by atoms with Crippen LogP contribution in [0.15, 0.2) is 67.0 Å². The number of fused-ring (bicyclic) bond motifs is 2. The fraction of sp³-hybridized carbons (Fsp3) is 0.192. The summed E-state index contributed by atoms with van der Waals surface area (Å²) >= 11 is 0. The Morgan fingerprint density at radius 2 is 1.89 bits per heavy atom. The van der Waals surface area contributed by atoms with E-state index < -0.39 is 17.6 Å². The van der Waals surface area contributed by atoms with Gasteiger partial charge in [-0.2, -0.15) is 13.2 Å². The monoisotopic (exact) mass is 492 g/mol. The molecule has 5 aromatic rings. The Hall–Kier alpha value is -4.18. The molecule has 0 saturated heterocycles. The number of carbonyl (C=O) groups excluding carboxylic acids is 1. The van der Waals surface area contributed by atoms with E-state index in [0.717, 1.165) is 24.2 Å². The zero-order valence-corrected chi connectivity index (χ0v) is 19.6. The Morgan fingerprint density at radius 1 is 1.08 bits per heavy atom. The number of alkyl halides is 3. The maximum atomic E-state index is 13.1. The molecule has 0 spiro atoms. The lowest BCUT2D eigenvalue weighted by Crippen LogP contribution is -2.17. The molecule has 0 aliphatic heterocycles. The molecule has 0 bridgehead atoms. The number of halogens is 3. The summed E-state index contributed by atoms with van der Waals surface area (Å²) in [5, 5.41) is 2.73. The van der Waals surface area contributed by atoms with E-state index in [1.54, 1.807) is 30.5 Å². The van der Waals surface area contributed by atoms with Crippen molar-refractivity contribution in [1.29, 1.82) is 0 Å². The maximum Gasteiger partial charge on any atom is 0.416 e. The zero-order chi connectivity index (χ0) is 25.4. The van der Waals surface area contributed by atoms with Crippen LogP contribution in [0, 0.1) is 0 Å². The van der Waals surface area contributed by atoms with Gasteiger partial charge in [-0.15, -0.1) is 0 Å². The molecule has 3 aromatic heterocycles. The molecule has 10 heteroatoms. The van der Waals surface area contributed by atoms with Crippen molar-refractivity contribution in [3.05, 3.63) is 83.8 Å². The van der Waals surface area contributed by atoms with Crippen molar-refractivity contribution in [2.24, 2.45) is 0 Å². The van der Waals surface area contributed by atoms with Gasteiger partial charge in [-0.3, -0.25) is 10.1 Å². The van der Waals surface area contributed by atoms with Crippen LogP contribution in [-0.4, -0.2) is 43.8 Å². The fourth-order valence-electron chi connectivity index (χ4n) is 4.00. The zero-order valence-electron chi connectivity index (χ0n) is 19.6. The number of aromatic nitrogens is 4. The van der Waals surface area contributed by atoms with E-state index in [-0.39, 0.29) is 11.6 Å². The molecule has 0 fully saturated rings. The van der Waals surface area contributed by atoms with Gasteiger partial charge in [0.2, 0.25) is 5.95 Å². The smallest absolute Gasteiger partial charge is 0.324 e. The summed E-state index contributed by atoms with van der Waals surface area (Å²) < 4.78 is 41.1. The van der Waals surface area contributed by atoms with Gasteiger partial charge in [0.1, 0.15) is 11.3 Å². The maximum absolute atomic E-state index is 13.1. The van der Waals surface area contributed by atoms with Gasteiger partial charge in [-0.1, -0.05) is 31.2 Å². The highest BCUT2D eigenvalue weighted by Crippen LogP contribution is 2.33. The number of nitrogens with zero attached hydrogens (tertiary/aromatic N) is 4. The van der Waals surface area contributed by atoms with E-state index >= 15 is 0 Å². The molecule has 2 aromatic carbocycles. The predicted molar refractivity (Wildman–Crippen MR) is 132 cm³/mol. The fourth-order valence-corrected chi connectivity index (χ4v) is 4.00. The molecule has 0 saturated carbocycles. The van der Waals surface area contributed by atoms with Crippen LogP contribution in [0.3, 0.4) is 0 Å². The molecule has 1 amide bonds. The quantitative estimate of drug-likeness (QED) is 0.324. The highest BCUT2D eigenvalue weighted by molar-refractivity contribution is 6.03. The Morgan fingerprint density at radius 3 is 2.67 bits per heavy atom. The number of aromatic amines is 1. The molecule has 0 aliphatic carbocycles. The average Bonchev–Trinajstić information content (AvgIpc) is 3.47. The molecule has 0 radical (unpaired) electrons. The Labute approximate surface area is 204 Å². The lowest BCUT2D eigenvalue weighted by atomic mass is 10.0. The second kappa shape index (κ2) is 9.12. The van der Waals surface area contributed by atoms with Crippen LogP contribution >= 0.6 is 0 Å². The molecule has 184 valence electrons. The average molecular weight is 493 g/mol. The van der Waals surface area contributed by atoms with Crippen LogP contribution in [0.25, 0.3) is 27.8 Å². The van der Waals surface area contributed by atoms with E-state index in [0.29, 0.717) is 34.4 Å². The summed E-state index contributed by atoms with van der Waals surface area (Å²) in [4.78, 5) is 27.0. The van der Waals surface area contributed by atoms with Gasteiger partial charge >= 0.3 is 6.18 Å². The number of hydrogen-bond acceptors (Lipinski definition) is 4. The van der Waals surface area contributed by atoms with Gasteiger partial charge < -0.3 is 14.3 Å². The van der Waals surface area contributed by atoms with Crippen LogP contribution in [0.1, 0.15) is 28.5 Å². The number of rotatable bonds is 6. The van der Waals surface area contributed by atoms with Crippen molar-refractivity contribution in [1.82, 2.24) is 24.3 Å². The second-order valence-corrected chi connectivity index (χ2v) is 8.57. The molecule has 0 aliphatic rings. The summed E-state index contributed by atoms with van der Waals surface area (Å²) in [5.74, 6) is -0.204. The largest absolute Gasteiger partial charge is 0.416 e. The molecule has 0 atom stereocenters. The normalized spacial score (nSPS) is 12.1. The number of hydrogen-bond donors (Lipinski definition) is 2. The van der Waals surface area contributed by atoms with E-state index in [9.17, 15) is 18.0 Å². The first kappa shape index (κ1) is 23.6. The molecule has 5 rings (SSSR count). The van der Waals surface area contributed by atoms with E-state index in [4.69, 9.17) is 0 Å². The Balaban J connectivity index is 1.39. The minimum absolute atomic E-state index is 0.221. The molecular formula is C26H23F3N6O. The standard InChI is InChI=1S/C26H23F3N6O/c1-3-34(2)14-18-7-5-11-35-15-22(30-23(18)35)24(36)33-25-31-20-10-9-17(13-21(20)32-25)16-6-4-8-19(12-16)26(27,28)29/h4-13,15H,3,14H2,1-2H3,(H2,31,32,33,36). The van der Waals surface area contributed by atoms with Crippen LogP contribution in [0.5, 0.6) is 0 Å². The van der Waals surface area contributed by atoms with Crippen molar-refractivity contribution in [3.8, 4) is 11.1 Å². The van der Waals surface area contributed by atoms with Gasteiger partial charge in [-0.25, -0.2) is 9.97 Å². The topological polar surface area (TPSA) is 78.3 Å². The number of pyridine rings is 1. The van der Waals surface area contributed by atoms with E-state index in [2.05, 4.69) is 32.1 Å². The predicted octanol–water partition coefficient (Wildman–Crippen LogP) is 5.60. The van der Waals surface area contributed by atoms with E-state index in [1.807, 2.05) is 29.8 Å². The number of imidazole rings is 2. The third-order valence-corrected chi connectivity index (χ3v) is 6.01. The molecular weight excluding hydrogens is 469 g/mol. The molecule has 2 N–H and O–H groups in total. The summed E-state index contributed by atoms with van der Waals surface area (Å²) in [5.41, 5.74) is 3.40. The van der Waals surface area contributed by atoms with Crippen molar-refractivity contribution < 1.29 is 18.0 Å². The third-order valence-electron chi connectivity index (χ3n) is 6.01. The molecule has 0 unspecified atom stereocenters. The number of carbonyl (C=O) groups is 1. The van der Waals surface area contributed by atoms with Crippen LogP contribution in [0.2, 0.25) is 0 Å². The summed E-state index contributed by atoms with van der Waals surface area (Å²) in [7, 11) is 2.01. The van der Waals surface area contributed by atoms with Crippen molar-refractivity contribution >= 4 is 28.5 Å². The molecule has 7 nitrogen and oxygen atoms in total. The Kier molecular flexibility index (Phi) is 5.97. The summed E-state index contributed by atoms with van der Waals surface area (Å²) in [6, 6.07) is 14.1. The highest BCUT2D eigenvalue weighted by Gasteiger charge is 2.30. The number of anilines is 1. The Bertz CT molecular complexity index is 1570. The second-order valence-electron chi connectivity index (χ2n) is 8.57. The SMILES string of the molecule is CCN(C)Cc1cccn2cc(C(=O)Nc3nc4cc(-c5cccc(C(F)(F)F)c5)ccc4[nH]3)nc12. The van der Waals surface area contributed by atoms with Gasteiger partial charge in [0, 0.05) is 24.5 Å². The number of benzene rings is 2. The first-order valence-electron chi connectivity index (χ1n) is 11.3. The van der Waals surface area contributed by atoms with Crippen molar-refractivity contribution in [2.75, 3.05) is 18.9 Å². The van der Waals surface area contributed by atoms with Gasteiger partial charge in [0.15, 0.2) is 0 Å². The van der Waals surface area contributed by atoms with Gasteiger partial charge in [0.05, 0.1) is 16.6 Å². The third kappa shape index (κ3) is 4.67. The van der Waals surface area contributed by atoms with Crippen molar-refractivity contribution in [3.63, 3.8) is 0 Å². The van der Waals surface area contributed by atoms with Crippen LogP contribution in [0.4, 0.5) is 19.1 Å². The lowest BCUT2D eigenvalue weighted by molar-refractivity contribution is -0.137.